The first kappa shape index (κ1) is 17.7. The van der Waals surface area contributed by atoms with Crippen molar-refractivity contribution in [2.45, 2.75) is 31.3 Å². The van der Waals surface area contributed by atoms with E-state index < -0.39 is 21.4 Å². The number of sulfone groups is 1. The second-order valence-electron chi connectivity index (χ2n) is 6.42. The molecule has 0 bridgehead atoms. The predicted octanol–water partition coefficient (Wildman–Crippen LogP) is 3.59. The van der Waals surface area contributed by atoms with Gasteiger partial charge in [0.15, 0.2) is 9.84 Å². The summed E-state index contributed by atoms with van der Waals surface area (Å²) in [7, 11) is -3.29. The average Bonchev–Trinajstić information content (AvgIpc) is 2.99. The first-order valence-electron chi connectivity index (χ1n) is 7.59. The normalized spacial score (nSPS) is 16.9. The molecule has 0 spiro atoms. The second-order valence-corrected chi connectivity index (χ2v) is 9.18. The van der Waals surface area contributed by atoms with Gasteiger partial charge in [0.05, 0.1) is 10.5 Å². The largest absolute Gasteiger partial charge is 0.449 e. The fourth-order valence-corrected chi connectivity index (χ4v) is 4.08. The van der Waals surface area contributed by atoms with Crippen molar-refractivity contribution < 1.29 is 22.7 Å². The van der Waals surface area contributed by atoms with Crippen LogP contribution in [-0.4, -0.2) is 26.2 Å². The molecule has 0 radical (unpaired) electrons. The molecule has 3 rings (SSSR count). The zero-order valence-electron chi connectivity index (χ0n) is 14.3. The summed E-state index contributed by atoms with van der Waals surface area (Å²) in [5, 5.41) is 3.76. The number of carbonyl (C=O) groups excluding carboxylic acids is 1. The quantitative estimate of drug-likeness (QED) is 0.761. The summed E-state index contributed by atoms with van der Waals surface area (Å²) >= 11 is 1.49. The Kier molecular flexibility index (Phi) is 4.25. The number of ether oxygens (including phenoxy) is 2. The zero-order chi connectivity index (χ0) is 18.4. The fourth-order valence-electron chi connectivity index (χ4n) is 2.71. The lowest BCUT2D eigenvalue weighted by Crippen LogP contribution is -2.22. The SMILES string of the molecule is Cc1cscc1OC1=C(c2ccc(S(C)(=O)=O)cc2)C(C)(C)OC1=O. The van der Waals surface area contributed by atoms with E-state index in [1.807, 2.05) is 17.7 Å². The van der Waals surface area contributed by atoms with E-state index in [4.69, 9.17) is 9.47 Å². The van der Waals surface area contributed by atoms with Crippen LogP contribution in [0.1, 0.15) is 25.0 Å². The number of cyclic esters (lactones) is 1. The Labute approximate surface area is 150 Å². The Hall–Kier alpha value is -2.12. The number of carbonyl (C=O) groups is 1. The molecule has 132 valence electrons. The Morgan fingerprint density at radius 1 is 1.12 bits per heavy atom. The van der Waals surface area contributed by atoms with Crippen molar-refractivity contribution in [2.24, 2.45) is 0 Å². The summed E-state index contributed by atoms with van der Waals surface area (Å²) in [6.45, 7) is 5.46. The second kappa shape index (κ2) is 6.00. The first-order chi connectivity index (χ1) is 11.6. The highest BCUT2D eigenvalue weighted by molar-refractivity contribution is 7.90. The Morgan fingerprint density at radius 2 is 1.76 bits per heavy atom. The van der Waals surface area contributed by atoms with Gasteiger partial charge in [-0.25, -0.2) is 13.2 Å². The van der Waals surface area contributed by atoms with Crippen LogP contribution in [-0.2, 0) is 19.4 Å². The highest BCUT2D eigenvalue weighted by Gasteiger charge is 2.43. The highest BCUT2D eigenvalue weighted by Crippen LogP contribution is 2.41. The van der Waals surface area contributed by atoms with Gasteiger partial charge in [-0.15, -0.1) is 11.3 Å². The summed E-state index contributed by atoms with van der Waals surface area (Å²) in [6.07, 6.45) is 1.15. The molecule has 0 saturated carbocycles. The van der Waals surface area contributed by atoms with Crippen molar-refractivity contribution in [3.05, 3.63) is 51.9 Å². The lowest BCUT2D eigenvalue weighted by Gasteiger charge is -2.21. The molecular formula is C18H18O5S2. The molecule has 25 heavy (non-hydrogen) atoms. The molecule has 0 fully saturated rings. The third kappa shape index (κ3) is 3.34. The predicted molar refractivity (Wildman–Crippen MR) is 96.3 cm³/mol. The summed E-state index contributed by atoms with van der Waals surface area (Å²) < 4.78 is 34.6. The smallest absolute Gasteiger partial charge is 0.375 e. The first-order valence-corrected chi connectivity index (χ1v) is 10.4. The van der Waals surface area contributed by atoms with Gasteiger partial charge in [-0.3, -0.25) is 0 Å². The highest BCUT2D eigenvalue weighted by atomic mass is 32.2. The van der Waals surface area contributed by atoms with Crippen LogP contribution in [0, 0.1) is 6.92 Å². The van der Waals surface area contributed by atoms with Gasteiger partial charge in [-0.2, -0.15) is 0 Å². The van der Waals surface area contributed by atoms with E-state index in [0.29, 0.717) is 16.9 Å². The van der Waals surface area contributed by atoms with E-state index in [2.05, 4.69) is 0 Å². The minimum Gasteiger partial charge on any atom is -0.449 e. The Balaban J connectivity index is 2.10. The number of rotatable bonds is 4. The van der Waals surface area contributed by atoms with Crippen LogP contribution in [0.2, 0.25) is 0 Å². The van der Waals surface area contributed by atoms with E-state index in [1.54, 1.807) is 26.0 Å². The fraction of sp³-hybridized carbons (Fsp3) is 0.278. The summed E-state index contributed by atoms with van der Waals surface area (Å²) in [6, 6.07) is 6.37. The molecule has 2 aromatic rings. The molecule has 0 aliphatic carbocycles. The molecule has 0 unspecified atom stereocenters. The lowest BCUT2D eigenvalue weighted by molar-refractivity contribution is -0.145. The van der Waals surface area contributed by atoms with Crippen molar-refractivity contribution in [1.29, 1.82) is 0 Å². The van der Waals surface area contributed by atoms with Crippen molar-refractivity contribution in [2.75, 3.05) is 6.26 Å². The molecule has 7 heteroatoms. The standard InChI is InChI=1S/C18H18O5S2/c1-11-9-24-10-14(11)22-16-15(18(2,3)23-17(16)19)12-5-7-13(8-6-12)25(4,20)21/h5-10H,1-4H3. The van der Waals surface area contributed by atoms with Gasteiger partial charge in [-0.1, -0.05) is 12.1 Å². The van der Waals surface area contributed by atoms with Crippen LogP contribution in [0.15, 0.2) is 45.7 Å². The summed E-state index contributed by atoms with van der Waals surface area (Å²) in [4.78, 5) is 12.6. The molecule has 0 atom stereocenters. The van der Waals surface area contributed by atoms with Crippen molar-refractivity contribution in [3.63, 3.8) is 0 Å². The average molecular weight is 378 g/mol. The van der Waals surface area contributed by atoms with Gasteiger partial charge < -0.3 is 9.47 Å². The molecular weight excluding hydrogens is 360 g/mol. The van der Waals surface area contributed by atoms with Crippen LogP contribution in [0.3, 0.4) is 0 Å². The van der Waals surface area contributed by atoms with Gasteiger partial charge in [-0.05, 0) is 43.8 Å². The molecule has 1 aliphatic rings. The molecule has 0 amide bonds. The van der Waals surface area contributed by atoms with Gasteiger partial charge >= 0.3 is 5.97 Å². The topological polar surface area (TPSA) is 69.7 Å². The molecule has 2 heterocycles. The third-order valence-electron chi connectivity index (χ3n) is 3.95. The number of thiophene rings is 1. The monoisotopic (exact) mass is 378 g/mol. The minimum atomic E-state index is -3.29. The summed E-state index contributed by atoms with van der Waals surface area (Å²) in [5.41, 5.74) is 1.35. The number of aryl methyl sites for hydroxylation is 1. The molecule has 0 saturated heterocycles. The van der Waals surface area contributed by atoms with E-state index in [1.165, 1.54) is 23.5 Å². The van der Waals surface area contributed by atoms with E-state index in [0.717, 1.165) is 11.8 Å². The molecule has 1 aromatic carbocycles. The maximum Gasteiger partial charge on any atom is 0.375 e. The van der Waals surface area contributed by atoms with Crippen LogP contribution < -0.4 is 4.74 Å². The number of hydrogen-bond acceptors (Lipinski definition) is 6. The number of hydrogen-bond donors (Lipinski definition) is 0. The van der Waals surface area contributed by atoms with Crippen LogP contribution in [0.5, 0.6) is 5.75 Å². The Bertz CT molecular complexity index is 963. The van der Waals surface area contributed by atoms with E-state index in [-0.39, 0.29) is 10.7 Å². The molecule has 1 aromatic heterocycles. The lowest BCUT2D eigenvalue weighted by atomic mass is 9.92. The van der Waals surface area contributed by atoms with Crippen LogP contribution in [0.4, 0.5) is 0 Å². The summed E-state index contributed by atoms with van der Waals surface area (Å²) in [5.74, 6) is 0.219. The molecule has 0 N–H and O–H groups in total. The van der Waals surface area contributed by atoms with Gasteiger partial charge in [0.25, 0.3) is 0 Å². The van der Waals surface area contributed by atoms with Crippen LogP contribution >= 0.6 is 11.3 Å². The van der Waals surface area contributed by atoms with E-state index >= 15 is 0 Å². The molecule has 5 nitrogen and oxygen atoms in total. The van der Waals surface area contributed by atoms with Crippen molar-refractivity contribution >= 4 is 32.7 Å². The van der Waals surface area contributed by atoms with Crippen molar-refractivity contribution in [3.8, 4) is 5.75 Å². The van der Waals surface area contributed by atoms with Crippen molar-refractivity contribution in [1.82, 2.24) is 0 Å². The zero-order valence-corrected chi connectivity index (χ0v) is 16.0. The van der Waals surface area contributed by atoms with E-state index in [9.17, 15) is 13.2 Å². The third-order valence-corrected chi connectivity index (χ3v) is 5.92. The number of esters is 1. The van der Waals surface area contributed by atoms with Gasteiger partial charge in [0.1, 0.15) is 11.4 Å². The van der Waals surface area contributed by atoms with Gasteiger partial charge in [0.2, 0.25) is 5.76 Å². The Morgan fingerprint density at radius 3 is 2.28 bits per heavy atom. The number of benzene rings is 1. The van der Waals surface area contributed by atoms with Crippen LogP contribution in [0.25, 0.3) is 5.57 Å². The maximum atomic E-state index is 12.3. The minimum absolute atomic E-state index is 0.138. The molecule has 1 aliphatic heterocycles. The maximum absolute atomic E-state index is 12.3. The van der Waals surface area contributed by atoms with Gasteiger partial charge in [0, 0.05) is 17.2 Å².